The standard InChI is InChI=1S/C13H24O2/c1-4-11-6-5-7-13(9-11,12(14)15)8-10(2)3/h10-11H,4-9H2,1-3H3,(H,14,15). The normalized spacial score (nSPS) is 31.9. The van der Waals surface area contributed by atoms with E-state index in [4.69, 9.17) is 0 Å². The van der Waals surface area contributed by atoms with Gasteiger partial charge in [-0.25, -0.2) is 0 Å². The molecule has 0 aliphatic heterocycles. The Balaban J connectivity index is 2.75. The molecule has 1 rings (SSSR count). The molecule has 2 nitrogen and oxygen atoms in total. The van der Waals surface area contributed by atoms with Crippen molar-refractivity contribution in [3.8, 4) is 0 Å². The summed E-state index contributed by atoms with van der Waals surface area (Å²) in [5.41, 5.74) is -0.410. The molecule has 1 N–H and O–H groups in total. The number of carbonyl (C=O) groups is 1. The van der Waals surface area contributed by atoms with Gasteiger partial charge in [-0.05, 0) is 31.1 Å². The lowest BCUT2D eigenvalue weighted by atomic mass is 9.65. The highest BCUT2D eigenvalue weighted by atomic mass is 16.4. The summed E-state index contributed by atoms with van der Waals surface area (Å²) in [6, 6.07) is 0. The van der Waals surface area contributed by atoms with Gasteiger partial charge in [-0.2, -0.15) is 0 Å². The van der Waals surface area contributed by atoms with Gasteiger partial charge in [0.15, 0.2) is 0 Å². The summed E-state index contributed by atoms with van der Waals surface area (Å²) >= 11 is 0. The van der Waals surface area contributed by atoms with Crippen molar-refractivity contribution in [3.63, 3.8) is 0 Å². The lowest BCUT2D eigenvalue weighted by Gasteiger charge is -2.38. The van der Waals surface area contributed by atoms with Gasteiger partial charge in [-0.3, -0.25) is 4.79 Å². The molecule has 2 unspecified atom stereocenters. The van der Waals surface area contributed by atoms with E-state index >= 15 is 0 Å². The van der Waals surface area contributed by atoms with Gasteiger partial charge in [0, 0.05) is 0 Å². The van der Waals surface area contributed by atoms with Crippen molar-refractivity contribution in [2.24, 2.45) is 17.3 Å². The smallest absolute Gasteiger partial charge is 0.309 e. The Hall–Kier alpha value is -0.530. The minimum Gasteiger partial charge on any atom is -0.481 e. The predicted octanol–water partition coefficient (Wildman–Crippen LogP) is 3.70. The molecule has 1 fully saturated rings. The Morgan fingerprint density at radius 3 is 2.67 bits per heavy atom. The third-order valence-corrected chi connectivity index (χ3v) is 3.78. The molecule has 0 amide bonds. The Labute approximate surface area is 93.1 Å². The molecule has 0 heterocycles. The fourth-order valence-corrected chi connectivity index (χ4v) is 3.08. The molecule has 2 atom stereocenters. The van der Waals surface area contributed by atoms with Gasteiger partial charge in [0.25, 0.3) is 0 Å². The number of carboxylic acid groups (broad SMARTS) is 1. The van der Waals surface area contributed by atoms with Crippen LogP contribution in [0.5, 0.6) is 0 Å². The number of aliphatic carboxylic acids is 1. The molecule has 0 bridgehead atoms. The van der Waals surface area contributed by atoms with Crippen molar-refractivity contribution >= 4 is 5.97 Å². The largest absolute Gasteiger partial charge is 0.481 e. The Morgan fingerprint density at radius 1 is 1.53 bits per heavy atom. The molecule has 1 saturated carbocycles. The molecule has 1 aliphatic carbocycles. The first-order valence-corrected chi connectivity index (χ1v) is 6.23. The topological polar surface area (TPSA) is 37.3 Å². The van der Waals surface area contributed by atoms with Crippen molar-refractivity contribution in [1.29, 1.82) is 0 Å². The van der Waals surface area contributed by atoms with E-state index in [-0.39, 0.29) is 0 Å². The van der Waals surface area contributed by atoms with E-state index in [1.54, 1.807) is 0 Å². The lowest BCUT2D eigenvalue weighted by Crippen LogP contribution is -2.37. The van der Waals surface area contributed by atoms with E-state index in [0.717, 1.165) is 32.1 Å². The van der Waals surface area contributed by atoms with E-state index in [1.165, 1.54) is 6.42 Å². The molecule has 15 heavy (non-hydrogen) atoms. The van der Waals surface area contributed by atoms with Crippen LogP contribution < -0.4 is 0 Å². The van der Waals surface area contributed by atoms with Crippen LogP contribution in [0.15, 0.2) is 0 Å². The summed E-state index contributed by atoms with van der Waals surface area (Å²) in [6.07, 6.45) is 6.08. The van der Waals surface area contributed by atoms with Crippen LogP contribution in [-0.4, -0.2) is 11.1 Å². The summed E-state index contributed by atoms with van der Waals surface area (Å²) < 4.78 is 0. The zero-order valence-corrected chi connectivity index (χ0v) is 10.3. The van der Waals surface area contributed by atoms with Crippen LogP contribution >= 0.6 is 0 Å². The second kappa shape index (κ2) is 5.00. The van der Waals surface area contributed by atoms with Gasteiger partial charge in [0.05, 0.1) is 5.41 Å². The molecule has 0 spiro atoms. The van der Waals surface area contributed by atoms with Crippen molar-refractivity contribution in [3.05, 3.63) is 0 Å². The highest BCUT2D eigenvalue weighted by molar-refractivity contribution is 5.74. The number of hydrogen-bond donors (Lipinski definition) is 1. The zero-order chi connectivity index (χ0) is 11.5. The number of hydrogen-bond acceptors (Lipinski definition) is 1. The Bertz CT molecular complexity index is 223. The van der Waals surface area contributed by atoms with Crippen molar-refractivity contribution in [2.75, 3.05) is 0 Å². The second-order valence-electron chi connectivity index (χ2n) is 5.55. The molecular formula is C13H24O2. The van der Waals surface area contributed by atoms with E-state index < -0.39 is 11.4 Å². The molecule has 2 heteroatoms. The van der Waals surface area contributed by atoms with Gasteiger partial charge in [-0.1, -0.05) is 40.0 Å². The minimum atomic E-state index is -0.561. The van der Waals surface area contributed by atoms with Crippen LogP contribution in [0.3, 0.4) is 0 Å². The van der Waals surface area contributed by atoms with Crippen molar-refractivity contribution in [2.45, 2.75) is 59.3 Å². The molecule has 0 saturated heterocycles. The molecule has 0 aromatic rings. The first kappa shape index (κ1) is 12.5. The predicted molar refractivity (Wildman–Crippen MR) is 61.8 cm³/mol. The lowest BCUT2D eigenvalue weighted by molar-refractivity contribution is -0.153. The molecule has 1 aliphatic rings. The van der Waals surface area contributed by atoms with Gasteiger partial charge in [-0.15, -0.1) is 0 Å². The molecular weight excluding hydrogens is 188 g/mol. The van der Waals surface area contributed by atoms with E-state index in [2.05, 4.69) is 20.8 Å². The van der Waals surface area contributed by atoms with Crippen LogP contribution in [0.25, 0.3) is 0 Å². The highest BCUT2D eigenvalue weighted by Gasteiger charge is 2.42. The summed E-state index contributed by atoms with van der Waals surface area (Å²) in [5.74, 6) is 0.555. The van der Waals surface area contributed by atoms with E-state index in [1.807, 2.05) is 0 Å². The summed E-state index contributed by atoms with van der Waals surface area (Å²) in [7, 11) is 0. The third-order valence-electron chi connectivity index (χ3n) is 3.78. The van der Waals surface area contributed by atoms with E-state index in [0.29, 0.717) is 11.8 Å². The van der Waals surface area contributed by atoms with Crippen LogP contribution in [0.2, 0.25) is 0 Å². The van der Waals surface area contributed by atoms with Crippen LogP contribution in [-0.2, 0) is 4.79 Å². The van der Waals surface area contributed by atoms with Gasteiger partial charge >= 0.3 is 5.97 Å². The Morgan fingerprint density at radius 2 is 2.20 bits per heavy atom. The fourth-order valence-electron chi connectivity index (χ4n) is 3.08. The average Bonchev–Trinajstić information content (AvgIpc) is 2.16. The number of carboxylic acids is 1. The van der Waals surface area contributed by atoms with Gasteiger partial charge in [0.1, 0.15) is 0 Å². The first-order chi connectivity index (χ1) is 7.00. The van der Waals surface area contributed by atoms with Gasteiger partial charge < -0.3 is 5.11 Å². The second-order valence-corrected chi connectivity index (χ2v) is 5.55. The maximum Gasteiger partial charge on any atom is 0.309 e. The highest BCUT2D eigenvalue weighted by Crippen LogP contribution is 2.45. The maximum absolute atomic E-state index is 11.5. The Kier molecular flexibility index (Phi) is 4.18. The fraction of sp³-hybridized carbons (Fsp3) is 0.923. The average molecular weight is 212 g/mol. The van der Waals surface area contributed by atoms with E-state index in [9.17, 15) is 9.90 Å². The summed E-state index contributed by atoms with van der Waals surface area (Å²) in [5, 5.41) is 9.45. The number of rotatable bonds is 4. The van der Waals surface area contributed by atoms with Crippen LogP contribution in [0, 0.1) is 17.3 Å². The summed E-state index contributed by atoms with van der Waals surface area (Å²) in [6.45, 7) is 6.43. The van der Waals surface area contributed by atoms with Crippen LogP contribution in [0.4, 0.5) is 0 Å². The first-order valence-electron chi connectivity index (χ1n) is 6.23. The van der Waals surface area contributed by atoms with Crippen molar-refractivity contribution in [1.82, 2.24) is 0 Å². The minimum absolute atomic E-state index is 0.410. The molecule has 0 aromatic heterocycles. The molecule has 88 valence electrons. The molecule has 0 aromatic carbocycles. The monoisotopic (exact) mass is 212 g/mol. The van der Waals surface area contributed by atoms with Gasteiger partial charge in [0.2, 0.25) is 0 Å². The summed E-state index contributed by atoms with van der Waals surface area (Å²) in [4.78, 5) is 11.5. The maximum atomic E-state index is 11.5. The third kappa shape index (κ3) is 2.96. The zero-order valence-electron chi connectivity index (χ0n) is 10.3. The van der Waals surface area contributed by atoms with Crippen molar-refractivity contribution < 1.29 is 9.90 Å². The SMILES string of the molecule is CCC1CCCC(CC(C)C)(C(=O)O)C1. The quantitative estimate of drug-likeness (QED) is 0.771. The van der Waals surface area contributed by atoms with Crippen LogP contribution in [0.1, 0.15) is 59.3 Å². The molecule has 0 radical (unpaired) electrons.